The first-order chi connectivity index (χ1) is 8.60. The van der Waals surface area contributed by atoms with Crippen LogP contribution in [0.5, 0.6) is 0 Å². The molecule has 0 saturated heterocycles. The molecule has 0 spiro atoms. The van der Waals surface area contributed by atoms with E-state index in [1.807, 2.05) is 13.0 Å². The molecule has 0 bridgehead atoms. The summed E-state index contributed by atoms with van der Waals surface area (Å²) in [6.45, 7) is 5.57. The van der Waals surface area contributed by atoms with Gasteiger partial charge in [-0.25, -0.2) is 0 Å². The van der Waals surface area contributed by atoms with Crippen LogP contribution in [-0.4, -0.2) is 26.3 Å². The van der Waals surface area contributed by atoms with E-state index in [9.17, 15) is 4.79 Å². The number of carbonyl (C=O) groups is 1. The van der Waals surface area contributed by atoms with Crippen molar-refractivity contribution in [3.8, 4) is 0 Å². The van der Waals surface area contributed by atoms with E-state index in [1.165, 1.54) is 0 Å². The summed E-state index contributed by atoms with van der Waals surface area (Å²) >= 11 is 0. The van der Waals surface area contributed by atoms with Crippen molar-refractivity contribution >= 4 is 11.7 Å². The molecule has 0 fully saturated rings. The number of aromatic amines is 1. The zero-order valence-electron chi connectivity index (χ0n) is 10.6. The van der Waals surface area contributed by atoms with Gasteiger partial charge in [0.15, 0.2) is 5.82 Å². The monoisotopic (exact) mass is 245 g/mol. The third-order valence-corrected chi connectivity index (χ3v) is 2.60. The van der Waals surface area contributed by atoms with Crippen LogP contribution in [0.25, 0.3) is 0 Å². The summed E-state index contributed by atoms with van der Waals surface area (Å²) in [5.74, 6) is 0.297. The van der Waals surface area contributed by atoms with Crippen LogP contribution in [0.4, 0.5) is 5.82 Å². The van der Waals surface area contributed by atoms with Crippen LogP contribution in [0.2, 0.25) is 0 Å². The van der Waals surface area contributed by atoms with Gasteiger partial charge >= 0.3 is 0 Å². The first-order valence-electron chi connectivity index (χ1n) is 5.76. The largest absolute Gasteiger partial charge is 0.305 e. The molecular weight excluding hydrogens is 230 g/mol. The summed E-state index contributed by atoms with van der Waals surface area (Å²) in [4.78, 5) is 12.1. The zero-order chi connectivity index (χ0) is 13.1. The molecule has 2 heterocycles. The molecule has 0 aliphatic rings. The number of nitrogens with zero attached hydrogens (tertiary/aromatic N) is 3. The number of carbonyl (C=O) groups excluding carboxylic acids is 1. The molecule has 0 aromatic carbocycles. The van der Waals surface area contributed by atoms with Crippen molar-refractivity contribution in [3.63, 3.8) is 0 Å². The van der Waals surface area contributed by atoms with Gasteiger partial charge in [0, 0.05) is 11.8 Å². The zero-order valence-corrected chi connectivity index (χ0v) is 10.6. The van der Waals surface area contributed by atoms with Gasteiger partial charge in [-0.05, 0) is 26.3 Å². The lowest BCUT2D eigenvalue weighted by Gasteiger charge is -2.04. The van der Waals surface area contributed by atoms with Gasteiger partial charge in [0.1, 0.15) is 0 Å². The average molecular weight is 245 g/mol. The summed E-state index contributed by atoms with van der Waals surface area (Å²) in [6, 6.07) is 3.53. The van der Waals surface area contributed by atoms with E-state index < -0.39 is 0 Å². The number of anilines is 1. The summed E-state index contributed by atoms with van der Waals surface area (Å²) in [7, 11) is 0. The number of H-pyrrole nitrogens is 1. The van der Waals surface area contributed by atoms with Gasteiger partial charge in [-0.15, -0.1) is 0 Å². The van der Waals surface area contributed by atoms with Crippen LogP contribution >= 0.6 is 0 Å². The second-order valence-corrected chi connectivity index (χ2v) is 4.07. The number of hydrogen-bond acceptors (Lipinski definition) is 4. The Balaban J connectivity index is 2.19. The molecule has 0 saturated carbocycles. The van der Waals surface area contributed by atoms with Crippen molar-refractivity contribution < 1.29 is 4.79 Å². The average Bonchev–Trinajstić information content (AvgIpc) is 2.80. The summed E-state index contributed by atoms with van der Waals surface area (Å²) in [6.07, 6.45) is 0.845. The van der Waals surface area contributed by atoms with E-state index in [0.29, 0.717) is 22.8 Å². The fourth-order valence-electron chi connectivity index (χ4n) is 1.57. The summed E-state index contributed by atoms with van der Waals surface area (Å²) < 4.78 is 0. The second kappa shape index (κ2) is 4.95. The highest BCUT2D eigenvalue weighted by Crippen LogP contribution is 2.10. The molecule has 0 radical (unpaired) electrons. The molecule has 18 heavy (non-hydrogen) atoms. The Hall–Kier alpha value is -2.24. The van der Waals surface area contributed by atoms with E-state index in [1.54, 1.807) is 19.9 Å². The molecule has 6 nitrogen and oxygen atoms in total. The minimum absolute atomic E-state index is 0.223. The normalized spacial score (nSPS) is 10.4. The van der Waals surface area contributed by atoms with Crippen molar-refractivity contribution in [2.75, 3.05) is 5.32 Å². The molecule has 2 rings (SSSR count). The predicted octanol–water partition coefficient (Wildman–Crippen LogP) is 1.63. The summed E-state index contributed by atoms with van der Waals surface area (Å²) in [5.41, 5.74) is 2.81. The Kier molecular flexibility index (Phi) is 3.36. The van der Waals surface area contributed by atoms with Crippen LogP contribution in [0, 0.1) is 13.8 Å². The topological polar surface area (TPSA) is 83.6 Å². The Bertz CT molecular complexity index is 576. The molecule has 0 aliphatic carbocycles. The number of rotatable bonds is 3. The first kappa shape index (κ1) is 12.2. The molecule has 2 aromatic rings. The van der Waals surface area contributed by atoms with Crippen molar-refractivity contribution in [2.24, 2.45) is 0 Å². The van der Waals surface area contributed by atoms with Gasteiger partial charge in [0.2, 0.25) is 0 Å². The molecule has 2 N–H and O–H groups in total. The lowest BCUT2D eigenvalue weighted by Crippen LogP contribution is -2.15. The maximum absolute atomic E-state index is 12.1. The lowest BCUT2D eigenvalue weighted by molar-refractivity contribution is 0.102. The minimum atomic E-state index is -0.223. The predicted molar refractivity (Wildman–Crippen MR) is 67.4 cm³/mol. The summed E-state index contributed by atoms with van der Waals surface area (Å²) in [5, 5.41) is 17.4. The highest BCUT2D eigenvalue weighted by atomic mass is 16.1. The van der Waals surface area contributed by atoms with Gasteiger partial charge in [-0.1, -0.05) is 6.92 Å². The lowest BCUT2D eigenvalue weighted by atomic mass is 10.2. The fourth-order valence-corrected chi connectivity index (χ4v) is 1.57. The molecule has 94 valence electrons. The van der Waals surface area contributed by atoms with E-state index in [0.717, 1.165) is 12.1 Å². The first-order valence-corrected chi connectivity index (χ1v) is 5.76. The van der Waals surface area contributed by atoms with Gasteiger partial charge < -0.3 is 5.32 Å². The molecular formula is C12H15N5O. The third-order valence-electron chi connectivity index (χ3n) is 2.60. The quantitative estimate of drug-likeness (QED) is 0.860. The third kappa shape index (κ3) is 2.53. The smallest absolute Gasteiger partial charge is 0.258 e. The SMILES string of the molecule is CCc1cc(NC(=O)c2cc(C)nnc2C)n[nH]1. The molecule has 0 aliphatic heterocycles. The standard InChI is InChI=1S/C12H15N5O/c1-4-9-6-11(17-16-9)13-12(18)10-5-7(2)14-15-8(10)3/h5-6H,4H2,1-3H3,(H2,13,16,17,18). The van der Waals surface area contributed by atoms with Crippen LogP contribution < -0.4 is 5.32 Å². The Labute approximate surface area is 105 Å². The van der Waals surface area contributed by atoms with E-state index in [2.05, 4.69) is 25.7 Å². The van der Waals surface area contributed by atoms with E-state index >= 15 is 0 Å². The van der Waals surface area contributed by atoms with Crippen molar-refractivity contribution in [1.82, 2.24) is 20.4 Å². The van der Waals surface area contributed by atoms with E-state index in [4.69, 9.17) is 0 Å². The van der Waals surface area contributed by atoms with Crippen molar-refractivity contribution in [3.05, 3.63) is 34.8 Å². The van der Waals surface area contributed by atoms with Gasteiger partial charge in [0.05, 0.1) is 17.0 Å². The Morgan fingerprint density at radius 3 is 2.78 bits per heavy atom. The van der Waals surface area contributed by atoms with Gasteiger partial charge in [0.25, 0.3) is 5.91 Å². The van der Waals surface area contributed by atoms with Gasteiger partial charge in [-0.2, -0.15) is 15.3 Å². The molecule has 2 aromatic heterocycles. The number of aryl methyl sites for hydroxylation is 3. The Morgan fingerprint density at radius 1 is 1.33 bits per heavy atom. The van der Waals surface area contributed by atoms with Crippen molar-refractivity contribution in [2.45, 2.75) is 27.2 Å². The maximum atomic E-state index is 12.1. The van der Waals surface area contributed by atoms with Crippen LogP contribution in [0.1, 0.15) is 34.4 Å². The van der Waals surface area contributed by atoms with Crippen LogP contribution in [0.3, 0.4) is 0 Å². The molecule has 0 unspecified atom stereocenters. The van der Waals surface area contributed by atoms with Crippen molar-refractivity contribution in [1.29, 1.82) is 0 Å². The van der Waals surface area contributed by atoms with Crippen LogP contribution in [0.15, 0.2) is 12.1 Å². The van der Waals surface area contributed by atoms with Crippen LogP contribution in [-0.2, 0) is 6.42 Å². The highest BCUT2D eigenvalue weighted by molar-refractivity contribution is 6.04. The molecule has 1 amide bonds. The molecule has 6 heteroatoms. The Morgan fingerprint density at radius 2 is 2.11 bits per heavy atom. The van der Waals surface area contributed by atoms with Gasteiger partial charge in [-0.3, -0.25) is 9.89 Å². The maximum Gasteiger partial charge on any atom is 0.258 e. The molecule has 0 atom stereocenters. The minimum Gasteiger partial charge on any atom is -0.305 e. The number of aromatic nitrogens is 4. The second-order valence-electron chi connectivity index (χ2n) is 4.07. The fraction of sp³-hybridized carbons (Fsp3) is 0.333. The number of amides is 1. The number of hydrogen-bond donors (Lipinski definition) is 2. The number of nitrogens with one attached hydrogen (secondary N) is 2. The van der Waals surface area contributed by atoms with E-state index in [-0.39, 0.29) is 5.91 Å². The highest BCUT2D eigenvalue weighted by Gasteiger charge is 2.12.